The van der Waals surface area contributed by atoms with Gasteiger partial charge < -0.3 is 0 Å². The monoisotopic (exact) mass is 166 g/mol. The Kier molecular flexibility index (Phi) is 4.23. The van der Waals surface area contributed by atoms with Crippen molar-refractivity contribution in [3.05, 3.63) is 35.9 Å². The van der Waals surface area contributed by atoms with E-state index in [9.17, 15) is 0 Å². The number of benzene rings is 1. The Balaban J connectivity index is 2.28. The highest BCUT2D eigenvalue weighted by Crippen LogP contribution is 2.11. The summed E-state index contributed by atoms with van der Waals surface area (Å²) in [5, 5.41) is 0. The largest absolute Gasteiger partial charge is 0.122 e. The lowest BCUT2D eigenvalue weighted by atomic mass is 10.2. The number of hydrogen-bond donors (Lipinski definition) is 0. The molecule has 11 heavy (non-hydrogen) atoms. The Labute approximate surface area is 70.8 Å². The molecule has 0 saturated heterocycles. The first-order chi connectivity index (χ1) is 5.43. The highest BCUT2D eigenvalue weighted by Gasteiger charge is 1.89. The van der Waals surface area contributed by atoms with E-state index in [1.165, 1.54) is 24.3 Å². The van der Waals surface area contributed by atoms with E-state index in [4.69, 9.17) is 0 Å². The number of rotatable bonds is 4. The highest BCUT2D eigenvalue weighted by atomic mass is 31.1. The summed E-state index contributed by atoms with van der Waals surface area (Å²) in [6.07, 6.45) is 3.96. The summed E-state index contributed by atoms with van der Waals surface area (Å²) in [7, 11) is 1.14. The second kappa shape index (κ2) is 5.32. The van der Waals surface area contributed by atoms with Crippen molar-refractivity contribution < 1.29 is 0 Å². The van der Waals surface area contributed by atoms with Gasteiger partial charge in [0, 0.05) is 0 Å². The van der Waals surface area contributed by atoms with E-state index in [1.54, 1.807) is 0 Å². The minimum Gasteiger partial charge on any atom is -0.122 e. The van der Waals surface area contributed by atoms with Crippen LogP contribution in [0.1, 0.15) is 12.5 Å². The molecule has 0 heterocycles. The fourth-order valence-electron chi connectivity index (χ4n) is 1.05. The second-order valence-electron chi connectivity index (χ2n) is 2.59. The van der Waals surface area contributed by atoms with Crippen molar-refractivity contribution in [2.45, 2.75) is 13.3 Å². The average Bonchev–Trinajstić information content (AvgIpc) is 2.07. The molecular weight excluding hydrogens is 151 g/mol. The summed E-state index contributed by atoms with van der Waals surface area (Å²) in [5.41, 5.74) is 1.48. The molecule has 0 aliphatic heterocycles. The van der Waals surface area contributed by atoms with E-state index in [2.05, 4.69) is 37.3 Å². The molecule has 0 nitrogen and oxygen atoms in total. The van der Waals surface area contributed by atoms with E-state index in [0.29, 0.717) is 0 Å². The fraction of sp³-hybridized carbons (Fsp3) is 0.400. The molecule has 0 aliphatic carbocycles. The van der Waals surface area contributed by atoms with Gasteiger partial charge >= 0.3 is 0 Å². The summed E-state index contributed by atoms with van der Waals surface area (Å²) in [5.74, 6) is 0. The van der Waals surface area contributed by atoms with Gasteiger partial charge in [-0.1, -0.05) is 37.3 Å². The molecule has 0 spiro atoms. The molecule has 1 unspecified atom stereocenters. The standard InChI is InChI=1S/C10H15P/c1-2-11-9-8-10-6-4-3-5-7-10/h3-7,11H,2,8-9H2,1H3. The maximum absolute atomic E-state index is 2.25. The molecule has 60 valence electrons. The van der Waals surface area contributed by atoms with Crippen LogP contribution in [0.3, 0.4) is 0 Å². The summed E-state index contributed by atoms with van der Waals surface area (Å²) in [4.78, 5) is 0. The van der Waals surface area contributed by atoms with Crippen LogP contribution >= 0.6 is 8.58 Å². The number of aryl methyl sites for hydroxylation is 1. The third-order valence-electron chi connectivity index (χ3n) is 1.68. The van der Waals surface area contributed by atoms with Gasteiger partial charge in [0.2, 0.25) is 0 Å². The third kappa shape index (κ3) is 3.53. The van der Waals surface area contributed by atoms with E-state index in [0.717, 1.165) is 8.58 Å². The molecular formula is C10H15P. The van der Waals surface area contributed by atoms with E-state index < -0.39 is 0 Å². The van der Waals surface area contributed by atoms with Crippen molar-refractivity contribution in [2.24, 2.45) is 0 Å². The molecule has 0 bridgehead atoms. The van der Waals surface area contributed by atoms with Gasteiger partial charge in [-0.2, -0.15) is 0 Å². The number of hydrogen-bond acceptors (Lipinski definition) is 0. The maximum atomic E-state index is 2.25. The normalized spacial score (nSPS) is 11.0. The minimum absolute atomic E-state index is 1.14. The van der Waals surface area contributed by atoms with Crippen LogP contribution in [0.2, 0.25) is 0 Å². The van der Waals surface area contributed by atoms with Crippen molar-refractivity contribution >= 4 is 8.58 Å². The predicted octanol–water partition coefficient (Wildman–Crippen LogP) is 2.93. The van der Waals surface area contributed by atoms with Gasteiger partial charge in [0.25, 0.3) is 0 Å². The smallest absolute Gasteiger partial charge is 0.0242 e. The molecule has 0 N–H and O–H groups in total. The van der Waals surface area contributed by atoms with Crippen molar-refractivity contribution in [2.75, 3.05) is 12.3 Å². The van der Waals surface area contributed by atoms with Gasteiger partial charge in [-0.05, 0) is 24.3 Å². The average molecular weight is 166 g/mol. The van der Waals surface area contributed by atoms with Crippen LogP contribution in [0, 0.1) is 0 Å². The van der Waals surface area contributed by atoms with Gasteiger partial charge in [0.1, 0.15) is 0 Å². The Morgan fingerprint density at radius 2 is 1.91 bits per heavy atom. The molecule has 1 rings (SSSR count). The molecule has 0 saturated carbocycles. The van der Waals surface area contributed by atoms with Gasteiger partial charge in [-0.3, -0.25) is 0 Å². The van der Waals surface area contributed by atoms with Crippen molar-refractivity contribution in [3.8, 4) is 0 Å². The molecule has 1 heteroatoms. The lowest BCUT2D eigenvalue weighted by Gasteiger charge is -1.98. The molecule has 1 aromatic rings. The molecule has 0 fully saturated rings. The Morgan fingerprint density at radius 1 is 1.18 bits per heavy atom. The van der Waals surface area contributed by atoms with Crippen LogP contribution < -0.4 is 0 Å². The zero-order valence-corrected chi connectivity index (χ0v) is 8.01. The van der Waals surface area contributed by atoms with E-state index in [-0.39, 0.29) is 0 Å². The fourth-order valence-corrected chi connectivity index (χ4v) is 1.87. The molecule has 0 aromatic heterocycles. The SMILES string of the molecule is CCPCCc1ccccc1. The summed E-state index contributed by atoms with van der Waals surface area (Å²) >= 11 is 0. The highest BCUT2D eigenvalue weighted by molar-refractivity contribution is 7.37. The van der Waals surface area contributed by atoms with Gasteiger partial charge in [0.15, 0.2) is 0 Å². The van der Waals surface area contributed by atoms with E-state index >= 15 is 0 Å². The molecule has 0 radical (unpaired) electrons. The molecule has 0 aliphatic rings. The first-order valence-electron chi connectivity index (χ1n) is 4.18. The van der Waals surface area contributed by atoms with Crippen molar-refractivity contribution in [3.63, 3.8) is 0 Å². The van der Waals surface area contributed by atoms with Gasteiger partial charge in [-0.15, -0.1) is 8.58 Å². The predicted molar refractivity (Wildman–Crippen MR) is 53.9 cm³/mol. The third-order valence-corrected chi connectivity index (χ3v) is 2.79. The van der Waals surface area contributed by atoms with Gasteiger partial charge in [0.05, 0.1) is 0 Å². The van der Waals surface area contributed by atoms with Crippen molar-refractivity contribution in [1.82, 2.24) is 0 Å². The summed E-state index contributed by atoms with van der Waals surface area (Å²) in [6.45, 7) is 2.25. The minimum atomic E-state index is 1.14. The maximum Gasteiger partial charge on any atom is -0.0242 e. The molecule has 1 aromatic carbocycles. The van der Waals surface area contributed by atoms with Crippen LogP contribution in [0.4, 0.5) is 0 Å². The van der Waals surface area contributed by atoms with Crippen LogP contribution in [0.5, 0.6) is 0 Å². The van der Waals surface area contributed by atoms with E-state index in [1.807, 2.05) is 0 Å². The topological polar surface area (TPSA) is 0 Å². The zero-order valence-electron chi connectivity index (χ0n) is 7.01. The molecule has 1 atom stereocenters. The first kappa shape index (κ1) is 8.74. The lowest BCUT2D eigenvalue weighted by Crippen LogP contribution is -1.85. The van der Waals surface area contributed by atoms with Crippen molar-refractivity contribution in [1.29, 1.82) is 0 Å². The first-order valence-corrected chi connectivity index (χ1v) is 5.59. The second-order valence-corrected chi connectivity index (χ2v) is 4.30. The summed E-state index contributed by atoms with van der Waals surface area (Å²) < 4.78 is 0. The zero-order chi connectivity index (χ0) is 7.94. The quantitative estimate of drug-likeness (QED) is 0.476. The Bertz CT molecular complexity index is 181. The van der Waals surface area contributed by atoms with Crippen LogP contribution in [-0.4, -0.2) is 12.3 Å². The van der Waals surface area contributed by atoms with Crippen LogP contribution in [0.15, 0.2) is 30.3 Å². The van der Waals surface area contributed by atoms with Gasteiger partial charge in [-0.25, -0.2) is 0 Å². The van der Waals surface area contributed by atoms with Crippen LogP contribution in [0.25, 0.3) is 0 Å². The lowest BCUT2D eigenvalue weighted by molar-refractivity contribution is 1.15. The summed E-state index contributed by atoms with van der Waals surface area (Å²) in [6, 6.07) is 10.7. The Morgan fingerprint density at radius 3 is 2.55 bits per heavy atom. The Hall–Kier alpha value is -0.350. The molecule has 0 amide bonds. The van der Waals surface area contributed by atoms with Crippen LogP contribution in [-0.2, 0) is 6.42 Å².